The lowest BCUT2D eigenvalue weighted by molar-refractivity contribution is -0.384. The van der Waals surface area contributed by atoms with E-state index in [0.29, 0.717) is 37.7 Å². The number of furan rings is 1. The zero-order valence-corrected chi connectivity index (χ0v) is 18.3. The fraction of sp³-hybridized carbons (Fsp3) is 0.0476. The Bertz CT molecular complexity index is 1240. The van der Waals surface area contributed by atoms with Crippen LogP contribution in [0.1, 0.15) is 5.76 Å². The van der Waals surface area contributed by atoms with Crippen LogP contribution in [0.4, 0.5) is 11.4 Å². The molecule has 1 aromatic heterocycles. The summed E-state index contributed by atoms with van der Waals surface area (Å²) in [7, 11) is 1.57. The predicted octanol–water partition coefficient (Wildman–Crippen LogP) is 5.92. The molecule has 0 radical (unpaired) electrons. The van der Waals surface area contributed by atoms with Crippen molar-refractivity contribution in [1.29, 1.82) is 0 Å². The molecule has 2 heterocycles. The van der Waals surface area contributed by atoms with Gasteiger partial charge in [0.15, 0.2) is 4.32 Å². The van der Waals surface area contributed by atoms with E-state index in [1.165, 1.54) is 28.8 Å². The van der Waals surface area contributed by atoms with Crippen molar-refractivity contribution in [3.05, 3.63) is 80.4 Å². The fourth-order valence-corrected chi connectivity index (χ4v) is 4.41. The first-order chi connectivity index (χ1) is 14.9. The van der Waals surface area contributed by atoms with Gasteiger partial charge in [0.05, 0.1) is 22.6 Å². The molecule has 3 aromatic rings. The number of anilines is 1. The second-order valence-corrected chi connectivity index (χ2v) is 8.42. The summed E-state index contributed by atoms with van der Waals surface area (Å²) in [6.07, 6.45) is 1.59. The molecule has 0 atom stereocenters. The lowest BCUT2D eigenvalue weighted by Gasteiger charge is -2.14. The van der Waals surface area contributed by atoms with E-state index >= 15 is 0 Å². The molecule has 0 N–H and O–H groups in total. The number of benzene rings is 2. The third-order valence-electron chi connectivity index (χ3n) is 4.45. The highest BCUT2D eigenvalue weighted by molar-refractivity contribution is 8.27. The van der Waals surface area contributed by atoms with Gasteiger partial charge >= 0.3 is 0 Å². The van der Waals surface area contributed by atoms with Crippen LogP contribution in [0.2, 0.25) is 5.02 Å². The van der Waals surface area contributed by atoms with Gasteiger partial charge in [-0.2, -0.15) is 0 Å². The van der Waals surface area contributed by atoms with Crippen LogP contribution in [0.15, 0.2) is 63.9 Å². The van der Waals surface area contributed by atoms with E-state index in [0.717, 1.165) is 0 Å². The van der Waals surface area contributed by atoms with Crippen molar-refractivity contribution >= 4 is 63.3 Å². The second kappa shape index (κ2) is 8.54. The summed E-state index contributed by atoms with van der Waals surface area (Å²) in [6.45, 7) is 0. The Hall–Kier alpha value is -3.14. The Kier molecular flexibility index (Phi) is 5.81. The molecule has 0 saturated carbocycles. The highest BCUT2D eigenvalue weighted by Gasteiger charge is 2.33. The Labute approximate surface area is 191 Å². The summed E-state index contributed by atoms with van der Waals surface area (Å²) < 4.78 is 11.3. The number of thiocarbonyl (C=S) groups is 1. The van der Waals surface area contributed by atoms with Gasteiger partial charge in [-0.1, -0.05) is 35.6 Å². The molecule has 7 nitrogen and oxygen atoms in total. The SMILES string of the molecule is COc1ccc(N2C(=O)C(=Cc3ccc(-c4ccc(Cl)c([N+](=O)[O-])c4)o3)SC2=S)cc1. The number of thioether (sulfide) groups is 1. The van der Waals surface area contributed by atoms with Crippen molar-refractivity contribution in [2.45, 2.75) is 0 Å². The molecule has 0 spiro atoms. The molecule has 2 aromatic carbocycles. The number of carbonyl (C=O) groups excluding carboxylic acids is 1. The molecule has 31 heavy (non-hydrogen) atoms. The average Bonchev–Trinajstić information content (AvgIpc) is 3.33. The molecule has 0 aliphatic carbocycles. The van der Waals surface area contributed by atoms with Crippen molar-refractivity contribution in [3.63, 3.8) is 0 Å². The minimum absolute atomic E-state index is 0.0442. The van der Waals surface area contributed by atoms with E-state index in [1.807, 2.05) is 0 Å². The maximum absolute atomic E-state index is 12.9. The highest BCUT2D eigenvalue weighted by atomic mass is 35.5. The Balaban J connectivity index is 1.59. The van der Waals surface area contributed by atoms with Gasteiger partial charge in [0.25, 0.3) is 11.6 Å². The Morgan fingerprint density at radius 1 is 1.19 bits per heavy atom. The molecule has 1 saturated heterocycles. The minimum Gasteiger partial charge on any atom is -0.497 e. The van der Waals surface area contributed by atoms with Crippen LogP contribution >= 0.6 is 35.6 Å². The maximum Gasteiger partial charge on any atom is 0.288 e. The van der Waals surface area contributed by atoms with Crippen molar-refractivity contribution < 1.29 is 18.9 Å². The van der Waals surface area contributed by atoms with Gasteiger partial charge in [0.2, 0.25) is 0 Å². The molecule has 1 amide bonds. The molecular formula is C21H13ClN2O5S2. The molecule has 0 unspecified atom stereocenters. The van der Waals surface area contributed by atoms with Crippen LogP contribution in [0.25, 0.3) is 17.4 Å². The molecule has 1 aliphatic heterocycles. The van der Waals surface area contributed by atoms with Crippen molar-refractivity contribution in [2.24, 2.45) is 0 Å². The molecule has 4 rings (SSSR count). The van der Waals surface area contributed by atoms with Crippen LogP contribution in [-0.4, -0.2) is 22.3 Å². The number of carbonyl (C=O) groups is 1. The minimum atomic E-state index is -0.555. The quantitative estimate of drug-likeness (QED) is 0.197. The smallest absolute Gasteiger partial charge is 0.288 e. The lowest BCUT2D eigenvalue weighted by atomic mass is 10.1. The van der Waals surface area contributed by atoms with Gasteiger partial charge in [-0.3, -0.25) is 19.8 Å². The molecule has 156 valence electrons. The van der Waals surface area contributed by atoms with Gasteiger partial charge in [0.1, 0.15) is 22.3 Å². The summed E-state index contributed by atoms with van der Waals surface area (Å²) >= 11 is 12.4. The number of ether oxygens (including phenoxy) is 1. The number of hydrogen-bond donors (Lipinski definition) is 0. The van der Waals surface area contributed by atoms with Crippen molar-refractivity contribution in [2.75, 3.05) is 12.0 Å². The predicted molar refractivity (Wildman–Crippen MR) is 124 cm³/mol. The van der Waals surface area contributed by atoms with E-state index in [4.69, 9.17) is 33.0 Å². The van der Waals surface area contributed by atoms with E-state index in [1.54, 1.807) is 55.7 Å². The van der Waals surface area contributed by atoms with E-state index in [-0.39, 0.29) is 16.6 Å². The third kappa shape index (κ3) is 4.20. The zero-order valence-electron chi connectivity index (χ0n) is 15.9. The second-order valence-electron chi connectivity index (χ2n) is 6.34. The summed E-state index contributed by atoms with van der Waals surface area (Å²) in [6, 6.07) is 14.8. The first-order valence-electron chi connectivity index (χ1n) is 8.83. The van der Waals surface area contributed by atoms with Crippen LogP contribution in [0, 0.1) is 10.1 Å². The average molecular weight is 473 g/mol. The standard InChI is InChI=1S/C21H13ClN2O5S2/c1-28-14-5-3-13(4-6-14)23-20(25)19(31-21(23)30)11-15-7-9-18(29-15)12-2-8-16(22)17(10-12)24(26)27/h2-11H,1H3. The molecule has 1 aliphatic rings. The van der Waals surface area contributed by atoms with E-state index in [9.17, 15) is 14.9 Å². The lowest BCUT2D eigenvalue weighted by Crippen LogP contribution is -2.27. The molecule has 10 heteroatoms. The Morgan fingerprint density at radius 2 is 1.94 bits per heavy atom. The number of hydrogen-bond acceptors (Lipinski definition) is 7. The van der Waals surface area contributed by atoms with Crippen molar-refractivity contribution in [3.8, 4) is 17.1 Å². The zero-order chi connectivity index (χ0) is 22.1. The first kappa shape index (κ1) is 21.1. The summed E-state index contributed by atoms with van der Waals surface area (Å²) in [5.74, 6) is 1.25. The number of nitro groups is 1. The number of rotatable bonds is 5. The number of nitro benzene ring substituents is 1. The van der Waals surface area contributed by atoms with Crippen LogP contribution < -0.4 is 9.64 Å². The number of nitrogens with zero attached hydrogens (tertiary/aromatic N) is 2. The van der Waals surface area contributed by atoms with Gasteiger partial charge in [-0.15, -0.1) is 0 Å². The van der Waals surface area contributed by atoms with E-state index in [2.05, 4.69) is 0 Å². The van der Waals surface area contributed by atoms with Crippen molar-refractivity contribution in [1.82, 2.24) is 0 Å². The largest absolute Gasteiger partial charge is 0.497 e. The molecule has 1 fully saturated rings. The monoisotopic (exact) mass is 472 g/mol. The van der Waals surface area contributed by atoms with Crippen LogP contribution in [0.3, 0.4) is 0 Å². The fourth-order valence-electron chi connectivity index (χ4n) is 2.94. The van der Waals surface area contributed by atoms with Gasteiger partial charge < -0.3 is 9.15 Å². The topological polar surface area (TPSA) is 85.8 Å². The summed E-state index contributed by atoms with van der Waals surface area (Å²) in [4.78, 5) is 25.3. The molecular weight excluding hydrogens is 460 g/mol. The number of halogens is 1. The number of methoxy groups -OCH3 is 1. The summed E-state index contributed by atoms with van der Waals surface area (Å²) in [5, 5.41) is 11.2. The van der Waals surface area contributed by atoms with Gasteiger partial charge in [-0.25, -0.2) is 0 Å². The van der Waals surface area contributed by atoms with E-state index < -0.39 is 4.92 Å². The van der Waals surface area contributed by atoms with Gasteiger partial charge in [0, 0.05) is 17.7 Å². The highest BCUT2D eigenvalue weighted by Crippen LogP contribution is 2.37. The first-order valence-corrected chi connectivity index (χ1v) is 10.4. The molecule has 0 bridgehead atoms. The normalized spacial score (nSPS) is 15.0. The third-order valence-corrected chi connectivity index (χ3v) is 6.07. The van der Waals surface area contributed by atoms with Gasteiger partial charge in [-0.05, 0) is 48.5 Å². The van der Waals surface area contributed by atoms with Crippen LogP contribution in [-0.2, 0) is 4.79 Å². The van der Waals surface area contributed by atoms with Crippen LogP contribution in [0.5, 0.6) is 5.75 Å². The number of amides is 1. The Morgan fingerprint density at radius 3 is 2.61 bits per heavy atom. The summed E-state index contributed by atoms with van der Waals surface area (Å²) in [5.41, 5.74) is 0.930. The maximum atomic E-state index is 12.9.